The topological polar surface area (TPSA) is 79.9 Å². The van der Waals surface area contributed by atoms with Gasteiger partial charge in [0.1, 0.15) is 0 Å². The molecule has 1 amide bonds. The molecule has 180 valence electrons. The molecule has 8 nitrogen and oxygen atoms in total. The first-order chi connectivity index (χ1) is 16.6. The van der Waals surface area contributed by atoms with E-state index in [2.05, 4.69) is 33.3 Å². The number of nitrogens with one attached hydrogen (secondary N) is 1. The number of H-pyrrole nitrogens is 1. The summed E-state index contributed by atoms with van der Waals surface area (Å²) in [5.41, 5.74) is 2.62. The van der Waals surface area contributed by atoms with Crippen LogP contribution in [-0.4, -0.2) is 67.0 Å². The number of benzene rings is 2. The highest BCUT2D eigenvalue weighted by molar-refractivity contribution is 5.96. The SMILES string of the molecule is CCOc1cc(C(=O)N2CCN(c3cc(-c4ccccc4)[nH]n3)CC2)cc(OCC)c1OCC. The van der Waals surface area contributed by atoms with Crippen molar-refractivity contribution in [2.24, 2.45) is 0 Å². The normalized spacial score (nSPS) is 13.6. The van der Waals surface area contributed by atoms with Crippen LogP contribution >= 0.6 is 0 Å². The molecule has 34 heavy (non-hydrogen) atoms. The molecule has 0 atom stereocenters. The van der Waals surface area contributed by atoms with E-state index in [0.29, 0.717) is 68.8 Å². The molecule has 1 saturated heterocycles. The number of amides is 1. The van der Waals surface area contributed by atoms with Crippen molar-refractivity contribution in [3.63, 3.8) is 0 Å². The molecule has 1 aliphatic rings. The van der Waals surface area contributed by atoms with Crippen LogP contribution in [0.15, 0.2) is 48.5 Å². The van der Waals surface area contributed by atoms with Crippen molar-refractivity contribution in [3.05, 3.63) is 54.1 Å². The Morgan fingerprint density at radius 1 is 0.882 bits per heavy atom. The lowest BCUT2D eigenvalue weighted by atomic mass is 10.1. The van der Waals surface area contributed by atoms with Gasteiger partial charge in [-0.25, -0.2) is 0 Å². The van der Waals surface area contributed by atoms with E-state index in [1.165, 1.54) is 0 Å². The van der Waals surface area contributed by atoms with Crippen molar-refractivity contribution in [3.8, 4) is 28.5 Å². The maximum Gasteiger partial charge on any atom is 0.254 e. The number of carbonyl (C=O) groups excluding carboxylic acids is 1. The molecular formula is C26H32N4O4. The van der Waals surface area contributed by atoms with Crippen molar-refractivity contribution >= 4 is 11.7 Å². The van der Waals surface area contributed by atoms with Crippen LogP contribution in [0.3, 0.4) is 0 Å². The Morgan fingerprint density at radius 3 is 2.09 bits per heavy atom. The summed E-state index contributed by atoms with van der Waals surface area (Å²) in [5, 5.41) is 7.61. The number of aromatic nitrogens is 2. The smallest absolute Gasteiger partial charge is 0.254 e. The van der Waals surface area contributed by atoms with Crippen LogP contribution in [0.4, 0.5) is 5.82 Å². The highest BCUT2D eigenvalue weighted by Gasteiger charge is 2.26. The minimum absolute atomic E-state index is 0.0448. The van der Waals surface area contributed by atoms with E-state index >= 15 is 0 Å². The lowest BCUT2D eigenvalue weighted by Crippen LogP contribution is -2.49. The zero-order valence-corrected chi connectivity index (χ0v) is 20.0. The zero-order chi connectivity index (χ0) is 23.9. The molecule has 0 spiro atoms. The number of rotatable bonds is 9. The largest absolute Gasteiger partial charge is 0.490 e. The minimum atomic E-state index is -0.0448. The molecule has 1 fully saturated rings. The van der Waals surface area contributed by atoms with Gasteiger partial charge in [0.25, 0.3) is 5.91 Å². The van der Waals surface area contributed by atoms with Crippen LogP contribution in [0.1, 0.15) is 31.1 Å². The summed E-state index contributed by atoms with van der Waals surface area (Å²) < 4.78 is 17.3. The van der Waals surface area contributed by atoms with Crippen molar-refractivity contribution < 1.29 is 19.0 Å². The van der Waals surface area contributed by atoms with E-state index < -0.39 is 0 Å². The van der Waals surface area contributed by atoms with E-state index in [9.17, 15) is 4.79 Å². The van der Waals surface area contributed by atoms with Gasteiger partial charge in [0.15, 0.2) is 17.3 Å². The number of carbonyl (C=O) groups is 1. The van der Waals surface area contributed by atoms with Gasteiger partial charge in [-0.05, 0) is 38.5 Å². The summed E-state index contributed by atoms with van der Waals surface area (Å²) >= 11 is 0. The molecule has 4 rings (SSSR count). The highest BCUT2D eigenvalue weighted by Crippen LogP contribution is 2.39. The second-order valence-electron chi connectivity index (χ2n) is 7.89. The van der Waals surface area contributed by atoms with E-state index in [4.69, 9.17) is 14.2 Å². The molecule has 0 aliphatic carbocycles. The van der Waals surface area contributed by atoms with Gasteiger partial charge in [-0.3, -0.25) is 9.89 Å². The number of hydrogen-bond acceptors (Lipinski definition) is 6. The van der Waals surface area contributed by atoms with Crippen LogP contribution in [0, 0.1) is 0 Å². The fourth-order valence-corrected chi connectivity index (χ4v) is 4.07. The van der Waals surface area contributed by atoms with Gasteiger partial charge in [0.05, 0.1) is 25.5 Å². The Kier molecular flexibility index (Phi) is 7.57. The van der Waals surface area contributed by atoms with Gasteiger partial charge < -0.3 is 24.0 Å². The van der Waals surface area contributed by atoms with E-state index in [0.717, 1.165) is 17.1 Å². The van der Waals surface area contributed by atoms with Gasteiger partial charge >= 0.3 is 0 Å². The summed E-state index contributed by atoms with van der Waals surface area (Å²) in [6.07, 6.45) is 0. The van der Waals surface area contributed by atoms with Crippen LogP contribution in [0.5, 0.6) is 17.2 Å². The molecule has 2 aromatic carbocycles. The molecule has 0 unspecified atom stereocenters. The van der Waals surface area contributed by atoms with Crippen molar-refractivity contribution in [1.82, 2.24) is 15.1 Å². The summed E-state index contributed by atoms with van der Waals surface area (Å²) in [4.78, 5) is 17.4. The second kappa shape index (κ2) is 11.0. The van der Waals surface area contributed by atoms with Crippen molar-refractivity contribution in [2.75, 3.05) is 50.9 Å². The van der Waals surface area contributed by atoms with Gasteiger partial charge in [0, 0.05) is 37.8 Å². The summed E-state index contributed by atoms with van der Waals surface area (Å²) in [6, 6.07) is 15.7. The highest BCUT2D eigenvalue weighted by atomic mass is 16.5. The standard InChI is InChI=1S/C26H32N4O4/c1-4-32-22-16-20(17-23(33-5-2)25(22)34-6-3)26(31)30-14-12-29(13-15-30)24-18-21(27-28-24)19-10-8-7-9-11-19/h7-11,16-18H,4-6,12-15H2,1-3H3,(H,27,28). The fraction of sp³-hybridized carbons (Fsp3) is 0.385. The molecule has 3 aromatic rings. The summed E-state index contributed by atoms with van der Waals surface area (Å²) in [5.74, 6) is 2.45. The first-order valence-corrected chi connectivity index (χ1v) is 11.9. The molecular weight excluding hydrogens is 432 g/mol. The monoisotopic (exact) mass is 464 g/mol. The number of anilines is 1. The molecule has 1 aliphatic heterocycles. The lowest BCUT2D eigenvalue weighted by molar-refractivity contribution is 0.0745. The quantitative estimate of drug-likeness (QED) is 0.510. The Bertz CT molecular complexity index is 1060. The number of aromatic amines is 1. The Balaban J connectivity index is 1.46. The third-order valence-corrected chi connectivity index (χ3v) is 5.70. The molecule has 0 saturated carbocycles. The van der Waals surface area contributed by atoms with Gasteiger partial charge in [-0.15, -0.1) is 0 Å². The first-order valence-electron chi connectivity index (χ1n) is 11.9. The van der Waals surface area contributed by atoms with Crippen molar-refractivity contribution in [2.45, 2.75) is 20.8 Å². The second-order valence-corrected chi connectivity index (χ2v) is 7.89. The molecule has 1 aromatic heterocycles. The predicted molar refractivity (Wildman–Crippen MR) is 132 cm³/mol. The Morgan fingerprint density at radius 2 is 1.50 bits per heavy atom. The molecule has 0 bridgehead atoms. The third kappa shape index (κ3) is 5.11. The van der Waals surface area contributed by atoms with E-state index in [1.807, 2.05) is 43.9 Å². The summed E-state index contributed by atoms with van der Waals surface area (Å²) in [6.45, 7) is 9.76. The van der Waals surface area contributed by atoms with E-state index in [1.54, 1.807) is 12.1 Å². The average molecular weight is 465 g/mol. The van der Waals surface area contributed by atoms with Gasteiger partial charge in [0.2, 0.25) is 5.75 Å². The molecule has 0 radical (unpaired) electrons. The van der Waals surface area contributed by atoms with E-state index in [-0.39, 0.29) is 5.91 Å². The number of ether oxygens (including phenoxy) is 3. The summed E-state index contributed by atoms with van der Waals surface area (Å²) in [7, 11) is 0. The maximum atomic E-state index is 13.3. The van der Waals surface area contributed by atoms with Gasteiger partial charge in [-0.2, -0.15) is 5.10 Å². The van der Waals surface area contributed by atoms with Crippen LogP contribution in [0.25, 0.3) is 11.3 Å². The molecule has 1 N–H and O–H groups in total. The van der Waals surface area contributed by atoms with Crippen LogP contribution in [0.2, 0.25) is 0 Å². The molecule has 2 heterocycles. The number of hydrogen-bond donors (Lipinski definition) is 1. The fourth-order valence-electron chi connectivity index (χ4n) is 4.07. The zero-order valence-electron chi connectivity index (χ0n) is 20.0. The predicted octanol–water partition coefficient (Wildman–Crippen LogP) is 4.24. The molecule has 8 heteroatoms. The number of nitrogens with zero attached hydrogens (tertiary/aromatic N) is 3. The number of piperazine rings is 1. The van der Waals surface area contributed by atoms with Crippen LogP contribution < -0.4 is 19.1 Å². The lowest BCUT2D eigenvalue weighted by Gasteiger charge is -2.35. The maximum absolute atomic E-state index is 13.3. The minimum Gasteiger partial charge on any atom is -0.490 e. The Hall–Kier alpha value is -3.68. The Labute approximate surface area is 200 Å². The van der Waals surface area contributed by atoms with Gasteiger partial charge in [-0.1, -0.05) is 30.3 Å². The third-order valence-electron chi connectivity index (χ3n) is 5.70. The van der Waals surface area contributed by atoms with Crippen LogP contribution in [-0.2, 0) is 0 Å². The van der Waals surface area contributed by atoms with Crippen molar-refractivity contribution in [1.29, 1.82) is 0 Å². The average Bonchev–Trinajstić information content (AvgIpc) is 3.37. The first kappa shape index (κ1) is 23.5.